The van der Waals surface area contributed by atoms with Gasteiger partial charge in [-0.25, -0.2) is 9.97 Å². The zero-order valence-corrected chi connectivity index (χ0v) is 12.8. The molecule has 0 amide bonds. The van der Waals surface area contributed by atoms with Gasteiger partial charge in [0.25, 0.3) is 0 Å². The van der Waals surface area contributed by atoms with E-state index in [1.54, 1.807) is 25.6 Å². The number of ether oxygens (including phenoxy) is 2. The average Bonchev–Trinajstić information content (AvgIpc) is 2.87. The standard InChI is InChI=1S/C15H15N3O2S/c1-8-6-10-13(16)17-14(18-15(10)21-8)9-4-5-11(19-2)12(7-9)20-3/h4-7H,1-3H3,(H2,16,17,18). The van der Waals surface area contributed by atoms with Crippen LogP contribution in [0.2, 0.25) is 0 Å². The predicted molar refractivity (Wildman–Crippen MR) is 85.1 cm³/mol. The average molecular weight is 301 g/mol. The van der Waals surface area contributed by atoms with Crippen molar-refractivity contribution in [3.8, 4) is 22.9 Å². The third kappa shape index (κ3) is 2.38. The molecule has 0 aliphatic rings. The second kappa shape index (κ2) is 5.21. The van der Waals surface area contributed by atoms with Gasteiger partial charge >= 0.3 is 0 Å². The number of nitrogens with zero attached hydrogens (tertiary/aromatic N) is 2. The highest BCUT2D eigenvalue weighted by Gasteiger charge is 2.12. The van der Waals surface area contributed by atoms with E-state index in [0.29, 0.717) is 23.1 Å². The van der Waals surface area contributed by atoms with E-state index in [9.17, 15) is 0 Å². The number of anilines is 1. The van der Waals surface area contributed by atoms with Gasteiger partial charge in [-0.1, -0.05) is 0 Å². The summed E-state index contributed by atoms with van der Waals surface area (Å²) in [5, 5.41) is 0.904. The Morgan fingerprint density at radius 1 is 1.05 bits per heavy atom. The molecule has 108 valence electrons. The minimum Gasteiger partial charge on any atom is -0.493 e. The van der Waals surface area contributed by atoms with Gasteiger partial charge in [-0.15, -0.1) is 11.3 Å². The molecule has 0 unspecified atom stereocenters. The molecule has 2 N–H and O–H groups in total. The Morgan fingerprint density at radius 2 is 1.81 bits per heavy atom. The molecule has 21 heavy (non-hydrogen) atoms. The molecule has 6 heteroatoms. The zero-order valence-electron chi connectivity index (χ0n) is 12.0. The molecule has 2 aromatic heterocycles. The van der Waals surface area contributed by atoms with Crippen molar-refractivity contribution in [2.45, 2.75) is 6.92 Å². The SMILES string of the molecule is COc1ccc(-c2nc(N)c3cc(C)sc3n2)cc1OC. The molecule has 5 nitrogen and oxygen atoms in total. The van der Waals surface area contributed by atoms with Crippen LogP contribution in [0.15, 0.2) is 24.3 Å². The summed E-state index contributed by atoms with van der Waals surface area (Å²) in [6.07, 6.45) is 0. The first-order valence-corrected chi connectivity index (χ1v) is 7.20. The number of nitrogens with two attached hydrogens (primary N) is 1. The van der Waals surface area contributed by atoms with Crippen LogP contribution in [0.4, 0.5) is 5.82 Å². The lowest BCUT2D eigenvalue weighted by Crippen LogP contribution is -1.97. The predicted octanol–water partition coefficient (Wildman–Crippen LogP) is 3.27. The highest BCUT2D eigenvalue weighted by atomic mass is 32.1. The van der Waals surface area contributed by atoms with E-state index in [4.69, 9.17) is 15.2 Å². The van der Waals surface area contributed by atoms with Crippen LogP contribution < -0.4 is 15.2 Å². The van der Waals surface area contributed by atoms with Crippen molar-refractivity contribution in [1.29, 1.82) is 0 Å². The largest absolute Gasteiger partial charge is 0.493 e. The van der Waals surface area contributed by atoms with Crippen molar-refractivity contribution < 1.29 is 9.47 Å². The van der Waals surface area contributed by atoms with Crippen LogP contribution in [0, 0.1) is 6.92 Å². The Hall–Kier alpha value is -2.34. The lowest BCUT2D eigenvalue weighted by molar-refractivity contribution is 0.355. The molecule has 0 bridgehead atoms. The van der Waals surface area contributed by atoms with Gasteiger partial charge in [0, 0.05) is 10.4 Å². The van der Waals surface area contributed by atoms with Crippen molar-refractivity contribution >= 4 is 27.4 Å². The van der Waals surface area contributed by atoms with Gasteiger partial charge in [0.15, 0.2) is 17.3 Å². The number of fused-ring (bicyclic) bond motifs is 1. The molecule has 0 fully saturated rings. The van der Waals surface area contributed by atoms with Gasteiger partial charge in [0.1, 0.15) is 10.6 Å². The van der Waals surface area contributed by atoms with Crippen LogP contribution in [-0.2, 0) is 0 Å². The summed E-state index contributed by atoms with van der Waals surface area (Å²) in [7, 11) is 3.20. The van der Waals surface area contributed by atoms with E-state index in [-0.39, 0.29) is 0 Å². The van der Waals surface area contributed by atoms with E-state index in [1.165, 1.54) is 0 Å². The van der Waals surface area contributed by atoms with Crippen LogP contribution in [0.1, 0.15) is 4.88 Å². The lowest BCUT2D eigenvalue weighted by atomic mass is 10.2. The number of aromatic nitrogens is 2. The molecule has 2 heterocycles. The highest BCUT2D eigenvalue weighted by Crippen LogP contribution is 2.33. The van der Waals surface area contributed by atoms with Gasteiger partial charge in [0.05, 0.1) is 19.6 Å². The third-order valence-corrected chi connectivity index (χ3v) is 4.13. The van der Waals surface area contributed by atoms with E-state index in [0.717, 1.165) is 20.7 Å². The Morgan fingerprint density at radius 3 is 2.52 bits per heavy atom. The van der Waals surface area contributed by atoms with Gasteiger partial charge in [-0.05, 0) is 31.2 Å². The molecule has 0 saturated carbocycles. The number of hydrogen-bond donors (Lipinski definition) is 1. The number of thiophene rings is 1. The molecule has 0 atom stereocenters. The van der Waals surface area contributed by atoms with Gasteiger partial charge in [0.2, 0.25) is 0 Å². The van der Waals surface area contributed by atoms with E-state index in [1.807, 2.05) is 31.2 Å². The van der Waals surface area contributed by atoms with Gasteiger partial charge in [-0.2, -0.15) is 0 Å². The maximum atomic E-state index is 6.03. The second-order valence-corrected chi connectivity index (χ2v) is 5.81. The first-order chi connectivity index (χ1) is 10.1. The smallest absolute Gasteiger partial charge is 0.163 e. The maximum Gasteiger partial charge on any atom is 0.163 e. The quantitative estimate of drug-likeness (QED) is 0.804. The minimum atomic E-state index is 0.495. The monoisotopic (exact) mass is 301 g/mol. The number of benzene rings is 1. The summed E-state index contributed by atoms with van der Waals surface area (Å²) in [4.78, 5) is 11.0. The number of nitrogen functional groups attached to an aromatic ring is 1. The van der Waals surface area contributed by atoms with Crippen LogP contribution in [0.5, 0.6) is 11.5 Å². The Bertz CT molecular complexity index is 814. The van der Waals surface area contributed by atoms with Crippen LogP contribution in [0.25, 0.3) is 21.6 Å². The van der Waals surface area contributed by atoms with Gasteiger partial charge in [-0.3, -0.25) is 0 Å². The number of methoxy groups -OCH3 is 2. The molecule has 0 radical (unpaired) electrons. The number of rotatable bonds is 3. The fourth-order valence-electron chi connectivity index (χ4n) is 2.17. The summed E-state index contributed by atoms with van der Waals surface area (Å²) < 4.78 is 10.5. The fraction of sp³-hybridized carbons (Fsp3) is 0.200. The van der Waals surface area contributed by atoms with Crippen molar-refractivity contribution in [3.05, 3.63) is 29.1 Å². The van der Waals surface area contributed by atoms with Gasteiger partial charge < -0.3 is 15.2 Å². The van der Waals surface area contributed by atoms with E-state index < -0.39 is 0 Å². The molecule has 3 rings (SSSR count). The summed E-state index contributed by atoms with van der Waals surface area (Å²) >= 11 is 1.61. The van der Waals surface area contributed by atoms with Crippen LogP contribution in [0.3, 0.4) is 0 Å². The third-order valence-electron chi connectivity index (χ3n) is 3.19. The Kier molecular flexibility index (Phi) is 3.39. The van der Waals surface area contributed by atoms with Crippen LogP contribution in [-0.4, -0.2) is 24.2 Å². The van der Waals surface area contributed by atoms with E-state index >= 15 is 0 Å². The number of aryl methyl sites for hydroxylation is 1. The molecule has 0 spiro atoms. The lowest BCUT2D eigenvalue weighted by Gasteiger charge is -2.09. The molecule has 1 aromatic carbocycles. The molecule has 0 aliphatic heterocycles. The van der Waals surface area contributed by atoms with E-state index in [2.05, 4.69) is 9.97 Å². The summed E-state index contributed by atoms with van der Waals surface area (Å²) in [5.41, 5.74) is 6.87. The minimum absolute atomic E-state index is 0.495. The first-order valence-electron chi connectivity index (χ1n) is 6.38. The molecule has 0 aliphatic carbocycles. The second-order valence-electron chi connectivity index (χ2n) is 4.58. The zero-order chi connectivity index (χ0) is 15.0. The molecular weight excluding hydrogens is 286 g/mol. The maximum absolute atomic E-state index is 6.03. The topological polar surface area (TPSA) is 70.3 Å². The molecular formula is C15H15N3O2S. The summed E-state index contributed by atoms with van der Waals surface area (Å²) in [5.74, 6) is 2.39. The molecule has 3 aromatic rings. The highest BCUT2D eigenvalue weighted by molar-refractivity contribution is 7.18. The van der Waals surface area contributed by atoms with Crippen molar-refractivity contribution in [2.75, 3.05) is 20.0 Å². The van der Waals surface area contributed by atoms with Crippen molar-refractivity contribution in [3.63, 3.8) is 0 Å². The Balaban J connectivity index is 2.15. The summed E-state index contributed by atoms with van der Waals surface area (Å²) in [6, 6.07) is 7.58. The normalized spacial score (nSPS) is 10.8. The number of hydrogen-bond acceptors (Lipinski definition) is 6. The Labute approximate surface area is 126 Å². The van der Waals surface area contributed by atoms with Crippen molar-refractivity contribution in [2.24, 2.45) is 0 Å². The summed E-state index contributed by atoms with van der Waals surface area (Å²) in [6.45, 7) is 2.03. The van der Waals surface area contributed by atoms with Crippen LogP contribution >= 0.6 is 11.3 Å². The molecule has 0 saturated heterocycles. The fourth-order valence-corrected chi connectivity index (χ4v) is 3.06. The van der Waals surface area contributed by atoms with Crippen molar-refractivity contribution in [1.82, 2.24) is 9.97 Å². The first kappa shape index (κ1) is 13.6.